The van der Waals surface area contributed by atoms with Crippen LogP contribution in [0.1, 0.15) is 40.5 Å². The van der Waals surface area contributed by atoms with Crippen LogP contribution >= 0.6 is 0 Å². The van der Waals surface area contributed by atoms with Crippen molar-refractivity contribution in [2.75, 3.05) is 65.2 Å². The molecule has 2 saturated heterocycles. The predicted octanol–water partition coefficient (Wildman–Crippen LogP) is 1.05. The van der Waals surface area contributed by atoms with E-state index in [0.29, 0.717) is 32.2 Å². The van der Waals surface area contributed by atoms with Gasteiger partial charge in [0.2, 0.25) is 10.0 Å². The van der Waals surface area contributed by atoms with Gasteiger partial charge in [0, 0.05) is 45.8 Å². The number of hydrogen-bond donors (Lipinski definition) is 1. The summed E-state index contributed by atoms with van der Waals surface area (Å²) in [5.41, 5.74) is 0. The normalized spacial score (nSPS) is 22.3. The molecule has 170 valence electrons. The van der Waals surface area contributed by atoms with Crippen LogP contribution in [-0.4, -0.2) is 106 Å². The zero-order valence-electron chi connectivity index (χ0n) is 18.9. The molecule has 0 amide bonds. The van der Waals surface area contributed by atoms with Crippen molar-refractivity contribution in [1.29, 1.82) is 0 Å². The minimum Gasteiger partial charge on any atom is -0.378 e. The largest absolute Gasteiger partial charge is 0.378 e. The molecule has 1 atom stereocenters. The van der Waals surface area contributed by atoms with Gasteiger partial charge in [-0.1, -0.05) is 6.92 Å². The van der Waals surface area contributed by atoms with Gasteiger partial charge in [-0.25, -0.2) is 8.42 Å². The molecule has 2 heterocycles. The summed E-state index contributed by atoms with van der Waals surface area (Å²) in [6.07, 6.45) is 2.60. The average molecular weight is 432 g/mol. The van der Waals surface area contributed by atoms with Gasteiger partial charge in [-0.15, -0.1) is 0 Å². The fraction of sp³-hybridized carbons (Fsp3) is 0.950. The summed E-state index contributed by atoms with van der Waals surface area (Å²) in [6, 6.07) is 0.460. The second kappa shape index (κ2) is 11.5. The van der Waals surface area contributed by atoms with E-state index in [9.17, 15) is 8.42 Å². The van der Waals surface area contributed by atoms with E-state index in [2.05, 4.69) is 34.0 Å². The highest BCUT2D eigenvalue weighted by Crippen LogP contribution is 2.17. The molecule has 1 unspecified atom stereocenters. The van der Waals surface area contributed by atoms with Crippen LogP contribution in [0.25, 0.3) is 0 Å². The third-order valence-electron chi connectivity index (χ3n) is 5.93. The number of likely N-dealkylation sites (tertiary alicyclic amines) is 1. The monoisotopic (exact) mass is 431 g/mol. The molecule has 2 fully saturated rings. The van der Waals surface area contributed by atoms with E-state index in [-0.39, 0.29) is 18.5 Å². The maximum absolute atomic E-state index is 12.5. The van der Waals surface area contributed by atoms with Crippen LogP contribution < -0.4 is 5.32 Å². The topological polar surface area (TPSA) is 77.5 Å². The molecule has 0 bridgehead atoms. The van der Waals surface area contributed by atoms with Crippen LogP contribution in [0.4, 0.5) is 0 Å². The Kier molecular flexibility index (Phi) is 9.65. The number of guanidine groups is 1. The van der Waals surface area contributed by atoms with Crippen LogP contribution in [0, 0.1) is 5.92 Å². The summed E-state index contributed by atoms with van der Waals surface area (Å²) >= 11 is 0. The van der Waals surface area contributed by atoms with Gasteiger partial charge >= 0.3 is 0 Å². The Balaban J connectivity index is 1.76. The molecular formula is C20H41N5O3S. The molecule has 29 heavy (non-hydrogen) atoms. The summed E-state index contributed by atoms with van der Waals surface area (Å²) in [6.45, 7) is 14.1. The third kappa shape index (κ3) is 7.70. The summed E-state index contributed by atoms with van der Waals surface area (Å²) in [5, 5.41) is 3.49. The van der Waals surface area contributed by atoms with Gasteiger partial charge in [-0.2, -0.15) is 4.31 Å². The lowest BCUT2D eigenvalue weighted by atomic mass is 9.98. The zero-order valence-corrected chi connectivity index (χ0v) is 19.7. The third-order valence-corrected chi connectivity index (χ3v) is 7.77. The van der Waals surface area contributed by atoms with Crippen molar-refractivity contribution >= 4 is 16.0 Å². The van der Waals surface area contributed by atoms with Crippen molar-refractivity contribution in [3.8, 4) is 0 Å². The number of hydrogen-bond acceptors (Lipinski definition) is 5. The van der Waals surface area contributed by atoms with Crippen molar-refractivity contribution in [2.24, 2.45) is 10.9 Å². The number of piperidine rings is 1. The van der Waals surface area contributed by atoms with Gasteiger partial charge in [-0.05, 0) is 52.6 Å². The first-order valence-corrected chi connectivity index (χ1v) is 12.6. The Labute approximate surface area is 177 Å². The second-order valence-electron chi connectivity index (χ2n) is 8.62. The van der Waals surface area contributed by atoms with Crippen molar-refractivity contribution in [1.82, 2.24) is 19.4 Å². The van der Waals surface area contributed by atoms with E-state index in [1.54, 1.807) is 11.4 Å². The Bertz CT molecular complexity index is 610. The fourth-order valence-corrected chi connectivity index (χ4v) is 5.15. The number of piperazine rings is 1. The van der Waals surface area contributed by atoms with Crippen LogP contribution in [0.2, 0.25) is 0 Å². The SMILES string of the molecule is CN=C(NCC(C)N1CCC(C)CC1)N1CCN(S(=O)(=O)CCOC(C)C)CC1. The fourth-order valence-electron chi connectivity index (χ4n) is 3.87. The Morgan fingerprint density at radius 2 is 1.72 bits per heavy atom. The number of nitrogens with one attached hydrogen (secondary N) is 1. The van der Waals surface area contributed by atoms with E-state index in [4.69, 9.17) is 4.74 Å². The maximum atomic E-state index is 12.5. The summed E-state index contributed by atoms with van der Waals surface area (Å²) in [7, 11) is -1.47. The number of ether oxygens (including phenoxy) is 1. The van der Waals surface area contributed by atoms with Crippen molar-refractivity contribution in [2.45, 2.75) is 52.7 Å². The van der Waals surface area contributed by atoms with Crippen LogP contribution in [0.3, 0.4) is 0 Å². The molecule has 8 nitrogen and oxygen atoms in total. The van der Waals surface area contributed by atoms with Gasteiger partial charge in [0.25, 0.3) is 0 Å². The average Bonchev–Trinajstić information content (AvgIpc) is 2.68. The molecule has 0 aliphatic carbocycles. The highest BCUT2D eigenvalue weighted by atomic mass is 32.2. The van der Waals surface area contributed by atoms with Crippen LogP contribution in [0.5, 0.6) is 0 Å². The Hall–Kier alpha value is -0.900. The van der Waals surface area contributed by atoms with E-state index in [0.717, 1.165) is 18.4 Å². The quantitative estimate of drug-likeness (QED) is 0.457. The minimum absolute atomic E-state index is 0.0458. The standard InChI is InChI=1S/C20H41N5O3S/c1-17(2)28-14-15-29(26,27)25-12-10-24(11-13-25)20(21-5)22-16-19(4)23-8-6-18(3)7-9-23/h17-19H,6-16H2,1-5H3,(H,21,22). The number of aliphatic imine (C=N–C) groups is 1. The predicted molar refractivity (Wildman–Crippen MR) is 119 cm³/mol. The minimum atomic E-state index is -3.26. The zero-order chi connectivity index (χ0) is 21.4. The molecule has 9 heteroatoms. The molecule has 2 aliphatic heterocycles. The van der Waals surface area contributed by atoms with E-state index in [1.165, 1.54) is 25.9 Å². The number of sulfonamides is 1. The van der Waals surface area contributed by atoms with Gasteiger partial charge in [-0.3, -0.25) is 9.89 Å². The summed E-state index contributed by atoms with van der Waals surface area (Å²) in [5.74, 6) is 1.75. The molecule has 0 spiro atoms. The lowest BCUT2D eigenvalue weighted by molar-refractivity contribution is 0.0904. The summed E-state index contributed by atoms with van der Waals surface area (Å²) in [4.78, 5) is 9.12. The molecule has 0 saturated carbocycles. The molecule has 2 aliphatic rings. The van der Waals surface area contributed by atoms with Gasteiger partial charge in [0.15, 0.2) is 5.96 Å². The lowest BCUT2D eigenvalue weighted by Crippen LogP contribution is -2.55. The van der Waals surface area contributed by atoms with Crippen LogP contribution in [0.15, 0.2) is 4.99 Å². The molecule has 1 N–H and O–H groups in total. The Morgan fingerprint density at radius 1 is 1.10 bits per heavy atom. The first-order chi connectivity index (χ1) is 13.7. The van der Waals surface area contributed by atoms with Crippen molar-refractivity contribution < 1.29 is 13.2 Å². The molecule has 0 aromatic heterocycles. The molecule has 0 aromatic rings. The van der Waals surface area contributed by atoms with Gasteiger partial charge < -0.3 is 15.0 Å². The molecular weight excluding hydrogens is 390 g/mol. The maximum Gasteiger partial charge on any atom is 0.216 e. The second-order valence-corrected chi connectivity index (χ2v) is 10.7. The van der Waals surface area contributed by atoms with E-state index in [1.807, 2.05) is 13.8 Å². The smallest absolute Gasteiger partial charge is 0.216 e. The number of rotatable bonds is 8. The van der Waals surface area contributed by atoms with Gasteiger partial charge in [0.05, 0.1) is 18.5 Å². The summed E-state index contributed by atoms with van der Waals surface area (Å²) < 4.78 is 32.0. The van der Waals surface area contributed by atoms with Gasteiger partial charge in [0.1, 0.15) is 0 Å². The van der Waals surface area contributed by atoms with E-state index >= 15 is 0 Å². The molecule has 0 aromatic carbocycles. The van der Waals surface area contributed by atoms with Crippen molar-refractivity contribution in [3.05, 3.63) is 0 Å². The highest BCUT2D eigenvalue weighted by molar-refractivity contribution is 7.89. The van der Waals surface area contributed by atoms with Crippen molar-refractivity contribution in [3.63, 3.8) is 0 Å². The first-order valence-electron chi connectivity index (χ1n) is 11.0. The molecule has 2 rings (SSSR count). The number of nitrogens with zero attached hydrogens (tertiary/aromatic N) is 4. The first kappa shape index (κ1) is 24.4. The molecule has 0 radical (unpaired) electrons. The van der Waals surface area contributed by atoms with E-state index < -0.39 is 10.0 Å². The highest BCUT2D eigenvalue weighted by Gasteiger charge is 2.28. The van der Waals surface area contributed by atoms with Crippen LogP contribution in [-0.2, 0) is 14.8 Å². The lowest BCUT2D eigenvalue weighted by Gasteiger charge is -2.38. The Morgan fingerprint density at radius 3 is 2.28 bits per heavy atom.